The summed E-state index contributed by atoms with van der Waals surface area (Å²) in [5, 5.41) is 11.3. The number of carbonyl (C=O) groups excluding carboxylic acids is 1. The first-order valence-electron chi connectivity index (χ1n) is 10.0. The Hall–Kier alpha value is -4.60. The molecule has 164 valence electrons. The summed E-state index contributed by atoms with van der Waals surface area (Å²) in [5.41, 5.74) is 3.32. The van der Waals surface area contributed by atoms with E-state index in [4.69, 9.17) is 4.74 Å². The number of aromatic nitrogens is 6. The lowest BCUT2D eigenvalue weighted by atomic mass is 10.2. The minimum absolute atomic E-state index is 0.0913. The number of hydrogen-bond donors (Lipinski definition) is 1. The van der Waals surface area contributed by atoms with Crippen LogP contribution in [0.25, 0.3) is 22.7 Å². The zero-order chi connectivity index (χ0) is 22.9. The van der Waals surface area contributed by atoms with Crippen molar-refractivity contribution in [1.82, 2.24) is 29.4 Å². The van der Waals surface area contributed by atoms with Gasteiger partial charge < -0.3 is 10.1 Å². The van der Waals surface area contributed by atoms with Gasteiger partial charge in [-0.3, -0.25) is 4.79 Å². The number of nitrogens with one attached hydrogen (secondary N) is 1. The third kappa shape index (κ3) is 3.89. The summed E-state index contributed by atoms with van der Waals surface area (Å²) >= 11 is 0. The number of hydrogen-bond acceptors (Lipinski definition) is 6. The number of methoxy groups -OCH3 is 1. The van der Waals surface area contributed by atoms with Gasteiger partial charge in [-0.1, -0.05) is 6.07 Å². The van der Waals surface area contributed by atoms with Gasteiger partial charge in [0.1, 0.15) is 6.33 Å². The number of fused-ring (bicyclic) bond motifs is 1. The first-order valence-corrected chi connectivity index (χ1v) is 10.0. The van der Waals surface area contributed by atoms with Crippen molar-refractivity contribution in [2.75, 3.05) is 12.4 Å². The van der Waals surface area contributed by atoms with Crippen molar-refractivity contribution >= 4 is 17.2 Å². The van der Waals surface area contributed by atoms with Crippen LogP contribution in [0.1, 0.15) is 16.2 Å². The molecule has 9 nitrogen and oxygen atoms in total. The maximum atomic E-state index is 14.0. The van der Waals surface area contributed by atoms with E-state index in [-0.39, 0.29) is 17.1 Å². The molecule has 5 aromatic rings. The van der Waals surface area contributed by atoms with Crippen LogP contribution >= 0.6 is 0 Å². The first-order chi connectivity index (χ1) is 16.0. The molecule has 4 heterocycles. The first kappa shape index (κ1) is 20.3. The Labute approximate surface area is 187 Å². The molecule has 0 aliphatic heterocycles. The van der Waals surface area contributed by atoms with Crippen molar-refractivity contribution in [2.45, 2.75) is 6.92 Å². The second-order valence-corrected chi connectivity index (χ2v) is 7.25. The van der Waals surface area contributed by atoms with Gasteiger partial charge in [-0.2, -0.15) is 10.2 Å². The Morgan fingerprint density at radius 2 is 2.00 bits per heavy atom. The summed E-state index contributed by atoms with van der Waals surface area (Å²) in [4.78, 5) is 21.7. The number of benzene rings is 1. The molecule has 5 rings (SSSR count). The molecule has 1 amide bonds. The predicted molar refractivity (Wildman–Crippen MR) is 119 cm³/mol. The van der Waals surface area contributed by atoms with Gasteiger partial charge in [0.25, 0.3) is 5.91 Å². The van der Waals surface area contributed by atoms with E-state index in [1.165, 1.54) is 25.6 Å². The predicted octanol–water partition coefficient (Wildman–Crippen LogP) is 3.69. The van der Waals surface area contributed by atoms with E-state index in [1.54, 1.807) is 33.6 Å². The molecule has 0 fully saturated rings. The summed E-state index contributed by atoms with van der Waals surface area (Å²) in [6.07, 6.45) is 3.26. The van der Waals surface area contributed by atoms with Gasteiger partial charge in [-0.15, -0.1) is 0 Å². The highest BCUT2D eigenvalue weighted by Gasteiger charge is 2.19. The Kier molecular flexibility index (Phi) is 5.02. The smallest absolute Gasteiger partial charge is 0.276 e. The topological polar surface area (TPSA) is 99.2 Å². The van der Waals surface area contributed by atoms with Gasteiger partial charge in [-0.25, -0.2) is 23.6 Å². The summed E-state index contributed by atoms with van der Waals surface area (Å²) in [5.74, 6) is -0.424. The molecule has 1 N–H and O–H groups in total. The number of rotatable bonds is 5. The van der Waals surface area contributed by atoms with Crippen LogP contribution in [0.2, 0.25) is 0 Å². The zero-order valence-electron chi connectivity index (χ0n) is 17.7. The molecule has 10 heteroatoms. The summed E-state index contributed by atoms with van der Waals surface area (Å²) in [7, 11) is 1.38. The van der Waals surface area contributed by atoms with Crippen LogP contribution in [0.4, 0.5) is 10.1 Å². The van der Waals surface area contributed by atoms with E-state index in [0.29, 0.717) is 17.2 Å². The summed E-state index contributed by atoms with van der Waals surface area (Å²) in [6, 6.07) is 15.1. The number of carbonyl (C=O) groups is 1. The fourth-order valence-electron chi connectivity index (χ4n) is 3.43. The molecule has 0 atom stereocenters. The number of pyridine rings is 2. The molecule has 0 aliphatic rings. The van der Waals surface area contributed by atoms with Gasteiger partial charge >= 0.3 is 0 Å². The van der Waals surface area contributed by atoms with E-state index < -0.39 is 11.7 Å². The monoisotopic (exact) mass is 443 g/mol. The number of aryl methyl sites for hydroxylation is 1. The lowest BCUT2D eigenvalue weighted by Gasteiger charge is -2.07. The zero-order valence-corrected chi connectivity index (χ0v) is 17.7. The number of halogens is 1. The molecule has 0 spiro atoms. The lowest BCUT2D eigenvalue weighted by molar-refractivity contribution is 0.102. The maximum absolute atomic E-state index is 14.0. The average molecular weight is 443 g/mol. The van der Waals surface area contributed by atoms with E-state index in [9.17, 15) is 9.18 Å². The van der Waals surface area contributed by atoms with Crippen LogP contribution < -0.4 is 10.1 Å². The molecule has 0 unspecified atom stereocenters. The van der Waals surface area contributed by atoms with Crippen molar-refractivity contribution in [2.24, 2.45) is 0 Å². The van der Waals surface area contributed by atoms with Crippen molar-refractivity contribution in [3.8, 4) is 22.8 Å². The molecular formula is C23H18FN7O2. The van der Waals surface area contributed by atoms with E-state index in [2.05, 4.69) is 25.5 Å². The second kappa shape index (κ2) is 8.15. The average Bonchev–Trinajstić information content (AvgIpc) is 3.46. The lowest BCUT2D eigenvalue weighted by Crippen LogP contribution is -2.13. The van der Waals surface area contributed by atoms with Crippen LogP contribution in [0, 0.1) is 12.7 Å². The summed E-state index contributed by atoms with van der Waals surface area (Å²) < 4.78 is 22.2. The maximum Gasteiger partial charge on any atom is 0.276 e. The number of anilines is 1. The normalized spacial score (nSPS) is 11.0. The molecule has 4 aromatic heterocycles. The van der Waals surface area contributed by atoms with Crippen LogP contribution in [-0.4, -0.2) is 42.4 Å². The Morgan fingerprint density at radius 3 is 2.79 bits per heavy atom. The van der Waals surface area contributed by atoms with E-state index in [1.807, 2.05) is 31.2 Å². The Balaban J connectivity index is 1.56. The highest BCUT2D eigenvalue weighted by Crippen LogP contribution is 2.25. The standard InChI is InChI=1S/C23H18FN7O2/c1-14-4-3-5-22(27-14)31-19(15-6-9-21-25-13-26-30(21)12-15)11-18(29-31)23(32)28-16-7-8-20(33-2)17(24)10-16/h3-13H,1-2H3,(H,28,32). The number of ether oxygens (including phenoxy) is 1. The van der Waals surface area contributed by atoms with Crippen LogP contribution in [0.3, 0.4) is 0 Å². The fourth-order valence-corrected chi connectivity index (χ4v) is 3.43. The third-order valence-electron chi connectivity index (χ3n) is 5.01. The largest absolute Gasteiger partial charge is 0.494 e. The minimum atomic E-state index is -0.577. The van der Waals surface area contributed by atoms with Gasteiger partial charge in [0.2, 0.25) is 0 Å². The SMILES string of the molecule is COc1ccc(NC(=O)c2cc(-c3ccc4ncnn4c3)n(-c3cccc(C)n3)n2)cc1F. The highest BCUT2D eigenvalue weighted by atomic mass is 19.1. The fraction of sp³-hybridized carbons (Fsp3) is 0.0870. The van der Waals surface area contributed by atoms with Gasteiger partial charge in [-0.05, 0) is 49.4 Å². The third-order valence-corrected chi connectivity index (χ3v) is 5.01. The van der Waals surface area contributed by atoms with Crippen LogP contribution in [0.5, 0.6) is 5.75 Å². The molecule has 0 bridgehead atoms. The highest BCUT2D eigenvalue weighted by molar-refractivity contribution is 6.03. The van der Waals surface area contributed by atoms with Crippen molar-refractivity contribution in [3.63, 3.8) is 0 Å². The van der Waals surface area contributed by atoms with Crippen LogP contribution in [-0.2, 0) is 0 Å². The molecule has 1 aromatic carbocycles. The number of amides is 1. The van der Waals surface area contributed by atoms with Crippen molar-refractivity contribution in [1.29, 1.82) is 0 Å². The van der Waals surface area contributed by atoms with Crippen LogP contribution in [0.15, 0.2) is 67.1 Å². The molecule has 0 saturated carbocycles. The molecule has 0 saturated heterocycles. The molecule has 0 aliphatic carbocycles. The van der Waals surface area contributed by atoms with Gasteiger partial charge in [0, 0.05) is 29.2 Å². The summed E-state index contributed by atoms with van der Waals surface area (Å²) in [6.45, 7) is 1.87. The molecule has 0 radical (unpaired) electrons. The Morgan fingerprint density at radius 1 is 1.12 bits per heavy atom. The Bertz CT molecular complexity index is 1490. The molecular weight excluding hydrogens is 425 g/mol. The van der Waals surface area contributed by atoms with Gasteiger partial charge in [0.05, 0.1) is 12.8 Å². The number of nitrogens with zero attached hydrogens (tertiary/aromatic N) is 6. The van der Waals surface area contributed by atoms with Gasteiger partial charge in [0.15, 0.2) is 28.7 Å². The van der Waals surface area contributed by atoms with Crippen molar-refractivity contribution < 1.29 is 13.9 Å². The van der Waals surface area contributed by atoms with E-state index in [0.717, 1.165) is 11.3 Å². The van der Waals surface area contributed by atoms with E-state index >= 15 is 0 Å². The van der Waals surface area contributed by atoms with Crippen molar-refractivity contribution in [3.05, 3.63) is 84.3 Å². The molecule has 33 heavy (non-hydrogen) atoms. The second-order valence-electron chi connectivity index (χ2n) is 7.25. The minimum Gasteiger partial charge on any atom is -0.494 e. The quantitative estimate of drug-likeness (QED) is 0.445.